The minimum Gasteiger partial charge on any atom is -0.360 e. The summed E-state index contributed by atoms with van der Waals surface area (Å²) in [6.45, 7) is 0.302. The quantitative estimate of drug-likeness (QED) is 0.195. The number of nitrogens with one attached hydrogen (secondary N) is 3. The first-order chi connectivity index (χ1) is 16.5. The van der Waals surface area contributed by atoms with Crippen molar-refractivity contribution >= 4 is 77.3 Å². The lowest BCUT2D eigenvalue weighted by molar-refractivity contribution is 0.0951. The first-order valence-corrected chi connectivity index (χ1v) is 12.5. The first kappa shape index (κ1) is 21.3. The van der Waals surface area contributed by atoms with E-state index in [1.165, 1.54) is 0 Å². The van der Waals surface area contributed by atoms with Crippen molar-refractivity contribution < 1.29 is 4.79 Å². The standard InChI is InChI=1S/C26H17BrIN5O/c27-14-5-7-20-16(9-14)19(12-29-20)24-11-18(17-10-15(28)6-8-21(17)31-24)26(34)30-13-25-32-22-3-1-2-4-23(22)33-25/h1-12,29H,13H2,(H,30,34)(H,32,33). The van der Waals surface area contributed by atoms with Gasteiger partial charge in [-0.15, -0.1) is 0 Å². The summed E-state index contributed by atoms with van der Waals surface area (Å²) in [5, 5.41) is 4.89. The smallest absolute Gasteiger partial charge is 0.252 e. The molecule has 0 fully saturated rings. The van der Waals surface area contributed by atoms with Crippen LogP contribution in [-0.2, 0) is 6.54 Å². The van der Waals surface area contributed by atoms with Crippen LogP contribution in [0.15, 0.2) is 77.4 Å². The Morgan fingerprint density at radius 2 is 1.82 bits per heavy atom. The molecule has 0 aliphatic rings. The van der Waals surface area contributed by atoms with Crippen molar-refractivity contribution in [2.24, 2.45) is 0 Å². The third-order valence-corrected chi connectivity index (χ3v) is 6.95. The fraction of sp³-hybridized carbons (Fsp3) is 0.0385. The van der Waals surface area contributed by atoms with Gasteiger partial charge in [-0.3, -0.25) is 4.79 Å². The molecule has 0 unspecified atom stereocenters. The minimum atomic E-state index is -0.169. The van der Waals surface area contributed by atoms with Gasteiger partial charge in [0.2, 0.25) is 0 Å². The number of para-hydroxylation sites is 2. The molecule has 3 aromatic carbocycles. The molecule has 34 heavy (non-hydrogen) atoms. The second-order valence-electron chi connectivity index (χ2n) is 7.99. The van der Waals surface area contributed by atoms with Crippen molar-refractivity contribution in [1.29, 1.82) is 0 Å². The zero-order valence-electron chi connectivity index (χ0n) is 17.7. The van der Waals surface area contributed by atoms with Gasteiger partial charge >= 0.3 is 0 Å². The molecule has 0 saturated heterocycles. The maximum Gasteiger partial charge on any atom is 0.252 e. The number of H-pyrrole nitrogens is 2. The Morgan fingerprint density at radius 1 is 0.941 bits per heavy atom. The average molecular weight is 622 g/mol. The predicted octanol–water partition coefficient (Wildman–Crippen LogP) is 6.56. The number of aromatic nitrogens is 4. The molecular weight excluding hydrogens is 605 g/mol. The number of nitrogens with zero attached hydrogens (tertiary/aromatic N) is 2. The maximum absolute atomic E-state index is 13.4. The zero-order chi connectivity index (χ0) is 23.2. The zero-order valence-corrected chi connectivity index (χ0v) is 21.4. The van der Waals surface area contributed by atoms with Gasteiger partial charge in [0.25, 0.3) is 5.91 Å². The van der Waals surface area contributed by atoms with E-state index in [9.17, 15) is 4.79 Å². The minimum absolute atomic E-state index is 0.169. The fourth-order valence-electron chi connectivity index (χ4n) is 4.18. The van der Waals surface area contributed by atoms with E-state index in [2.05, 4.69) is 64.9 Å². The molecule has 6 rings (SSSR count). The number of imidazole rings is 1. The topological polar surface area (TPSA) is 86.5 Å². The van der Waals surface area contributed by atoms with Crippen LogP contribution in [0.5, 0.6) is 0 Å². The summed E-state index contributed by atoms with van der Waals surface area (Å²) in [6, 6.07) is 21.7. The summed E-state index contributed by atoms with van der Waals surface area (Å²) in [5.74, 6) is 0.543. The molecular formula is C26H17BrIN5O. The summed E-state index contributed by atoms with van der Waals surface area (Å²) < 4.78 is 2.03. The van der Waals surface area contributed by atoms with E-state index >= 15 is 0 Å². The van der Waals surface area contributed by atoms with Crippen molar-refractivity contribution in [1.82, 2.24) is 25.3 Å². The van der Waals surface area contributed by atoms with Gasteiger partial charge in [-0.1, -0.05) is 28.1 Å². The second-order valence-corrected chi connectivity index (χ2v) is 10.2. The molecule has 0 spiro atoms. The number of rotatable bonds is 4. The van der Waals surface area contributed by atoms with Gasteiger partial charge in [-0.05, 0) is 77.2 Å². The summed E-state index contributed by atoms with van der Waals surface area (Å²) in [7, 11) is 0. The molecule has 0 saturated carbocycles. The van der Waals surface area contributed by atoms with E-state index in [-0.39, 0.29) is 5.91 Å². The van der Waals surface area contributed by atoms with Crippen LogP contribution in [0.3, 0.4) is 0 Å². The van der Waals surface area contributed by atoms with E-state index < -0.39 is 0 Å². The number of carbonyl (C=O) groups is 1. The first-order valence-electron chi connectivity index (χ1n) is 10.6. The molecule has 0 bridgehead atoms. The van der Waals surface area contributed by atoms with E-state index in [0.29, 0.717) is 17.9 Å². The van der Waals surface area contributed by atoms with Crippen LogP contribution >= 0.6 is 38.5 Å². The van der Waals surface area contributed by atoms with Crippen LogP contribution in [0.1, 0.15) is 16.2 Å². The van der Waals surface area contributed by atoms with Crippen molar-refractivity contribution in [2.75, 3.05) is 0 Å². The van der Waals surface area contributed by atoms with Gasteiger partial charge in [0.1, 0.15) is 5.82 Å². The summed E-state index contributed by atoms with van der Waals surface area (Å²) >= 11 is 5.81. The summed E-state index contributed by atoms with van der Waals surface area (Å²) in [4.78, 5) is 29.4. The third kappa shape index (κ3) is 3.86. The number of hydrogen-bond acceptors (Lipinski definition) is 3. The van der Waals surface area contributed by atoms with E-state index in [1.807, 2.05) is 66.9 Å². The Balaban J connectivity index is 1.41. The molecule has 6 nitrogen and oxygen atoms in total. The lowest BCUT2D eigenvalue weighted by Crippen LogP contribution is -2.24. The van der Waals surface area contributed by atoms with Gasteiger partial charge in [-0.25, -0.2) is 9.97 Å². The molecule has 6 aromatic rings. The van der Waals surface area contributed by atoms with E-state index in [1.54, 1.807) is 0 Å². The number of halogens is 2. The molecule has 166 valence electrons. The molecule has 0 aliphatic heterocycles. The van der Waals surface area contributed by atoms with Gasteiger partial charge in [0, 0.05) is 36.1 Å². The highest BCUT2D eigenvalue weighted by Crippen LogP contribution is 2.32. The number of pyridine rings is 1. The Labute approximate surface area is 216 Å². The van der Waals surface area contributed by atoms with Crippen molar-refractivity contribution in [3.05, 3.63) is 92.4 Å². The Kier molecular flexibility index (Phi) is 5.34. The fourth-order valence-corrected chi connectivity index (χ4v) is 5.03. The Morgan fingerprint density at radius 3 is 2.71 bits per heavy atom. The average Bonchev–Trinajstić information content (AvgIpc) is 3.45. The normalized spacial score (nSPS) is 11.5. The highest BCUT2D eigenvalue weighted by Gasteiger charge is 2.17. The maximum atomic E-state index is 13.4. The van der Waals surface area contributed by atoms with Crippen molar-refractivity contribution in [2.45, 2.75) is 6.54 Å². The van der Waals surface area contributed by atoms with Crippen LogP contribution in [-0.4, -0.2) is 25.8 Å². The van der Waals surface area contributed by atoms with Crippen LogP contribution in [0.25, 0.3) is 44.1 Å². The molecule has 3 N–H and O–H groups in total. The molecule has 3 heterocycles. The van der Waals surface area contributed by atoms with Gasteiger partial charge in [-0.2, -0.15) is 0 Å². The largest absolute Gasteiger partial charge is 0.360 e. The molecule has 0 atom stereocenters. The third-order valence-electron chi connectivity index (χ3n) is 5.79. The monoisotopic (exact) mass is 621 g/mol. The molecule has 0 radical (unpaired) electrons. The molecule has 0 aliphatic carbocycles. The molecule has 8 heteroatoms. The van der Waals surface area contributed by atoms with E-state index in [4.69, 9.17) is 4.98 Å². The van der Waals surface area contributed by atoms with Gasteiger partial charge in [0.05, 0.1) is 34.4 Å². The molecule has 3 aromatic heterocycles. The van der Waals surface area contributed by atoms with Crippen molar-refractivity contribution in [3.63, 3.8) is 0 Å². The highest BCUT2D eigenvalue weighted by molar-refractivity contribution is 14.1. The number of hydrogen-bond donors (Lipinski definition) is 3. The van der Waals surface area contributed by atoms with Gasteiger partial charge < -0.3 is 15.3 Å². The number of carbonyl (C=O) groups excluding carboxylic acids is 1. The number of amides is 1. The Bertz CT molecular complexity index is 1690. The predicted molar refractivity (Wildman–Crippen MR) is 147 cm³/mol. The van der Waals surface area contributed by atoms with Crippen LogP contribution in [0, 0.1) is 3.57 Å². The summed E-state index contributed by atoms with van der Waals surface area (Å²) in [6.07, 6.45) is 1.94. The Hall–Kier alpha value is -3.24. The van der Waals surface area contributed by atoms with Gasteiger partial charge in [0.15, 0.2) is 0 Å². The van der Waals surface area contributed by atoms with E-state index in [0.717, 1.165) is 52.1 Å². The number of aromatic amines is 2. The van der Waals surface area contributed by atoms with Crippen LogP contribution in [0.4, 0.5) is 0 Å². The molecule has 1 amide bonds. The van der Waals surface area contributed by atoms with Crippen LogP contribution in [0.2, 0.25) is 0 Å². The highest BCUT2D eigenvalue weighted by atomic mass is 127. The number of fused-ring (bicyclic) bond motifs is 3. The lowest BCUT2D eigenvalue weighted by atomic mass is 10.0. The SMILES string of the molecule is O=C(NCc1nc2ccccc2[nH]1)c1cc(-c2c[nH]c3ccc(Br)cc23)nc2ccc(I)cc12. The number of benzene rings is 3. The summed E-state index contributed by atoms with van der Waals surface area (Å²) in [5.41, 5.74) is 5.88. The van der Waals surface area contributed by atoms with Crippen LogP contribution < -0.4 is 5.32 Å². The van der Waals surface area contributed by atoms with Crippen molar-refractivity contribution in [3.8, 4) is 11.3 Å². The lowest BCUT2D eigenvalue weighted by Gasteiger charge is -2.10. The second kappa shape index (κ2) is 8.52.